The van der Waals surface area contributed by atoms with Crippen LogP contribution in [0.5, 0.6) is 0 Å². The highest BCUT2D eigenvalue weighted by Crippen LogP contribution is 1.80. The van der Waals surface area contributed by atoms with E-state index in [0.717, 1.165) is 6.92 Å². The molecule has 0 unspecified atom stereocenters. The molecular weight excluding hydrogens is 92.1 g/mol. The molecule has 2 heteroatoms. The van der Waals surface area contributed by atoms with Gasteiger partial charge in [0.1, 0.15) is 11.6 Å². The summed E-state index contributed by atoms with van der Waals surface area (Å²) in [5, 5.41) is 0. The minimum absolute atomic E-state index is 0.837. The van der Waals surface area contributed by atoms with Crippen molar-refractivity contribution in [3.63, 3.8) is 0 Å². The molecule has 0 atom stereocenters. The van der Waals surface area contributed by atoms with Crippen LogP contribution in [0.25, 0.3) is 0 Å². The molecule has 0 bridgehead atoms. The Morgan fingerprint density at radius 3 is 2.43 bits per heavy atom. The summed E-state index contributed by atoms with van der Waals surface area (Å²) < 4.78 is 33.4. The largest absolute Gasteiger partial charge is 0.300 e. The van der Waals surface area contributed by atoms with Crippen LogP contribution in [0, 0.1) is 0 Å². The van der Waals surface area contributed by atoms with Crippen LogP contribution >= 0.6 is 0 Å². The summed E-state index contributed by atoms with van der Waals surface area (Å²) in [6.07, 6.45) is -2.90. The van der Waals surface area contributed by atoms with Gasteiger partial charge < -0.3 is 0 Å². The third-order valence-electron chi connectivity index (χ3n) is 0.290. The van der Waals surface area contributed by atoms with E-state index in [1.165, 1.54) is 0 Å². The maximum atomic E-state index is 10.8. The van der Waals surface area contributed by atoms with Crippen molar-refractivity contribution in [2.24, 2.45) is 0 Å². The van der Waals surface area contributed by atoms with Crippen molar-refractivity contribution < 1.29 is 16.4 Å². The standard InChI is InChI=1S/C5H8O2/c1-4(6)3-5(2)7/h3H2,1-2H3/i1D3,3D2. The highest BCUT2D eigenvalue weighted by molar-refractivity contribution is 5.96. The van der Waals surface area contributed by atoms with E-state index in [1.54, 1.807) is 0 Å². The van der Waals surface area contributed by atoms with Gasteiger partial charge in [0.15, 0.2) is 0 Å². The zero-order chi connectivity index (χ0) is 10.2. The van der Waals surface area contributed by atoms with E-state index in [2.05, 4.69) is 0 Å². The summed E-state index contributed by atoms with van der Waals surface area (Å²) in [7, 11) is 0. The molecule has 0 rings (SSSR count). The van der Waals surface area contributed by atoms with Crippen molar-refractivity contribution in [3.8, 4) is 0 Å². The summed E-state index contributed by atoms with van der Waals surface area (Å²) in [5.41, 5.74) is 0. The van der Waals surface area contributed by atoms with Crippen LogP contribution in [0.15, 0.2) is 0 Å². The summed E-state index contributed by atoms with van der Waals surface area (Å²) >= 11 is 0. The van der Waals surface area contributed by atoms with Crippen LogP contribution in [0.3, 0.4) is 0 Å². The highest BCUT2D eigenvalue weighted by Gasteiger charge is 1.94. The van der Waals surface area contributed by atoms with Gasteiger partial charge in [0.05, 0.1) is 6.37 Å². The van der Waals surface area contributed by atoms with E-state index in [-0.39, 0.29) is 0 Å². The average Bonchev–Trinajstić information content (AvgIpc) is 1.83. The van der Waals surface area contributed by atoms with E-state index in [9.17, 15) is 9.59 Å². The molecule has 7 heavy (non-hydrogen) atoms. The van der Waals surface area contributed by atoms with Crippen molar-refractivity contribution in [2.75, 3.05) is 0 Å². The minimum atomic E-state index is -3.06. The van der Waals surface area contributed by atoms with Crippen LogP contribution in [-0.4, -0.2) is 11.6 Å². The van der Waals surface area contributed by atoms with Crippen molar-refractivity contribution in [1.82, 2.24) is 0 Å². The molecule has 2 nitrogen and oxygen atoms in total. The minimum Gasteiger partial charge on any atom is -0.300 e. The zero-order valence-corrected chi connectivity index (χ0v) is 3.82. The first-order chi connectivity index (χ1) is 5.10. The fourth-order valence-electron chi connectivity index (χ4n) is 0.160. The summed E-state index contributed by atoms with van der Waals surface area (Å²) in [6, 6.07) is 0. The fraction of sp³-hybridized carbons (Fsp3) is 0.600. The number of ketones is 2. The van der Waals surface area contributed by atoms with Crippen LogP contribution in [0.4, 0.5) is 0 Å². The van der Waals surface area contributed by atoms with E-state index in [0.29, 0.717) is 0 Å². The molecular formula is C5H8O2. The molecule has 0 spiro atoms. The molecule has 0 amide bonds. The van der Waals surface area contributed by atoms with Crippen LogP contribution in [0.1, 0.15) is 27.0 Å². The van der Waals surface area contributed by atoms with Gasteiger partial charge in [0.25, 0.3) is 0 Å². The third-order valence-corrected chi connectivity index (χ3v) is 0.290. The summed E-state index contributed by atoms with van der Waals surface area (Å²) in [5.74, 6) is -2.76. The Balaban J connectivity index is 4.83. The average molecular weight is 105 g/mol. The first kappa shape index (κ1) is 1.69. The molecule has 0 aliphatic carbocycles. The van der Waals surface area contributed by atoms with Gasteiger partial charge in [-0.05, 0) is 13.8 Å². The number of carbonyl (C=O) groups excluding carboxylic acids is 2. The lowest BCUT2D eigenvalue weighted by molar-refractivity contribution is -0.124. The van der Waals surface area contributed by atoms with Gasteiger partial charge in [-0.25, -0.2) is 0 Å². The van der Waals surface area contributed by atoms with Crippen LogP contribution < -0.4 is 0 Å². The van der Waals surface area contributed by atoms with Gasteiger partial charge in [-0.2, -0.15) is 0 Å². The van der Waals surface area contributed by atoms with Crippen LogP contribution in [0.2, 0.25) is 0 Å². The lowest BCUT2D eigenvalue weighted by atomic mass is 10.2. The van der Waals surface area contributed by atoms with Gasteiger partial charge in [-0.1, -0.05) is 0 Å². The number of carbonyl (C=O) groups is 2. The van der Waals surface area contributed by atoms with Gasteiger partial charge in [0, 0.05) is 6.85 Å². The quantitative estimate of drug-likeness (QED) is 0.481. The Bertz CT molecular complexity index is 216. The Kier molecular flexibility index (Phi) is 0.604. The molecule has 40 valence electrons. The topological polar surface area (TPSA) is 34.1 Å². The number of hydrogen-bond acceptors (Lipinski definition) is 2. The molecule has 0 aliphatic heterocycles. The molecule has 0 aromatic carbocycles. The third kappa shape index (κ3) is 5.34. The second-order valence-corrected chi connectivity index (χ2v) is 1.01. The summed E-state index contributed by atoms with van der Waals surface area (Å²) in [4.78, 5) is 21.3. The zero-order valence-electron chi connectivity index (χ0n) is 8.82. The molecule has 0 aromatic rings. The molecule has 0 heterocycles. The Hall–Kier alpha value is -0.660. The van der Waals surface area contributed by atoms with E-state index in [4.69, 9.17) is 6.85 Å². The van der Waals surface area contributed by atoms with Gasteiger partial charge in [-0.15, -0.1) is 0 Å². The molecule has 0 radical (unpaired) electrons. The molecule has 0 aromatic heterocycles. The van der Waals surface area contributed by atoms with Crippen molar-refractivity contribution in [3.05, 3.63) is 0 Å². The molecule has 0 aliphatic rings. The lowest BCUT2D eigenvalue weighted by Crippen LogP contribution is -1.97. The van der Waals surface area contributed by atoms with Crippen molar-refractivity contribution in [1.29, 1.82) is 0 Å². The molecule has 0 saturated carbocycles. The predicted molar refractivity (Wildman–Crippen MR) is 26.0 cm³/mol. The Morgan fingerprint density at radius 2 is 2.29 bits per heavy atom. The second-order valence-electron chi connectivity index (χ2n) is 1.01. The van der Waals surface area contributed by atoms with Gasteiger partial charge >= 0.3 is 0 Å². The van der Waals surface area contributed by atoms with Gasteiger partial charge in [0.2, 0.25) is 0 Å². The fourth-order valence-corrected chi connectivity index (χ4v) is 0.160. The smallest absolute Gasteiger partial charge is 0.137 e. The van der Waals surface area contributed by atoms with E-state index in [1.807, 2.05) is 0 Å². The number of hydrogen-bond donors (Lipinski definition) is 0. The van der Waals surface area contributed by atoms with E-state index >= 15 is 0 Å². The summed E-state index contributed by atoms with van der Waals surface area (Å²) in [6.45, 7) is -2.22. The normalized spacial score (nSPS) is 22.7. The highest BCUT2D eigenvalue weighted by atomic mass is 16.1. The number of Topliss-reactive ketones (excluding diaryl/α,β-unsaturated/α-hetero) is 2. The molecule has 0 saturated heterocycles. The van der Waals surface area contributed by atoms with E-state index < -0.39 is 24.8 Å². The Labute approximate surface area is 49.5 Å². The van der Waals surface area contributed by atoms with Crippen LogP contribution in [-0.2, 0) is 9.59 Å². The maximum absolute atomic E-state index is 10.8. The first-order valence-corrected chi connectivity index (χ1v) is 1.66. The SMILES string of the molecule is [2H]C([2H])([2H])C(=O)C([2H])([2H])C(C)=O. The maximum Gasteiger partial charge on any atom is 0.137 e. The van der Waals surface area contributed by atoms with Gasteiger partial charge in [-0.3, -0.25) is 9.59 Å². The molecule has 0 fully saturated rings. The lowest BCUT2D eigenvalue weighted by Gasteiger charge is -1.81. The predicted octanol–water partition coefficient (Wildman–Crippen LogP) is 0.554. The molecule has 0 N–H and O–H groups in total. The van der Waals surface area contributed by atoms with Crippen molar-refractivity contribution in [2.45, 2.75) is 20.1 Å². The first-order valence-electron chi connectivity index (χ1n) is 4.16. The second kappa shape index (κ2) is 2.50. The monoisotopic (exact) mass is 105 g/mol. The Morgan fingerprint density at radius 1 is 1.71 bits per heavy atom. The van der Waals surface area contributed by atoms with Crippen molar-refractivity contribution >= 4 is 11.6 Å². The number of rotatable bonds is 2.